The summed E-state index contributed by atoms with van der Waals surface area (Å²) in [6, 6.07) is 16.4. The van der Waals surface area contributed by atoms with Gasteiger partial charge in [-0.3, -0.25) is 19.3 Å². The first-order valence-corrected chi connectivity index (χ1v) is 13.9. The van der Waals surface area contributed by atoms with Gasteiger partial charge in [0, 0.05) is 5.69 Å². The van der Waals surface area contributed by atoms with Crippen molar-refractivity contribution >= 4 is 62.5 Å². The van der Waals surface area contributed by atoms with Crippen molar-refractivity contribution in [3.63, 3.8) is 0 Å². The number of carboxylic acids is 1. The lowest BCUT2D eigenvalue weighted by atomic mass is 10.1. The van der Waals surface area contributed by atoms with E-state index < -0.39 is 29.6 Å². The summed E-state index contributed by atoms with van der Waals surface area (Å²) in [5.74, 6) is -0.657. The smallest absolute Gasteiger partial charge is 0.335 e. The zero-order chi connectivity index (χ0) is 29.5. The molecule has 3 amide bonds. The van der Waals surface area contributed by atoms with E-state index in [2.05, 4.69) is 21.2 Å². The van der Waals surface area contributed by atoms with Gasteiger partial charge in [0.25, 0.3) is 11.1 Å². The van der Waals surface area contributed by atoms with Crippen LogP contribution in [0.2, 0.25) is 0 Å². The van der Waals surface area contributed by atoms with Gasteiger partial charge >= 0.3 is 5.97 Å². The largest absolute Gasteiger partial charge is 0.494 e. The minimum absolute atomic E-state index is 0.157. The Morgan fingerprint density at radius 2 is 1.76 bits per heavy atom. The van der Waals surface area contributed by atoms with Crippen molar-refractivity contribution in [2.75, 3.05) is 25.6 Å². The molecule has 12 heteroatoms. The fourth-order valence-corrected chi connectivity index (χ4v) is 5.21. The van der Waals surface area contributed by atoms with Crippen LogP contribution in [0.1, 0.15) is 28.4 Å². The number of imide groups is 1. The van der Waals surface area contributed by atoms with Gasteiger partial charge in [-0.05, 0) is 100 Å². The van der Waals surface area contributed by atoms with E-state index in [9.17, 15) is 19.2 Å². The molecule has 0 unspecified atom stereocenters. The number of rotatable bonds is 11. The highest BCUT2D eigenvalue weighted by Gasteiger charge is 2.36. The van der Waals surface area contributed by atoms with Gasteiger partial charge in [0.1, 0.15) is 18.9 Å². The van der Waals surface area contributed by atoms with E-state index in [-0.39, 0.29) is 17.1 Å². The van der Waals surface area contributed by atoms with Gasteiger partial charge in [0.15, 0.2) is 11.5 Å². The average molecular weight is 641 g/mol. The summed E-state index contributed by atoms with van der Waals surface area (Å²) in [6.45, 7) is 2.12. The van der Waals surface area contributed by atoms with E-state index in [0.717, 1.165) is 22.2 Å². The number of carboxylic acid groups (broad SMARTS) is 1. The molecule has 10 nitrogen and oxygen atoms in total. The van der Waals surface area contributed by atoms with Crippen molar-refractivity contribution in [2.24, 2.45) is 0 Å². The molecule has 0 radical (unpaired) electrons. The molecule has 1 saturated heterocycles. The summed E-state index contributed by atoms with van der Waals surface area (Å²) in [5.41, 5.74) is 2.01. The van der Waals surface area contributed by atoms with Crippen LogP contribution in [0.15, 0.2) is 70.0 Å². The van der Waals surface area contributed by atoms with Crippen LogP contribution in [0.25, 0.3) is 6.08 Å². The second-order valence-corrected chi connectivity index (χ2v) is 10.4. The molecule has 3 aromatic carbocycles. The highest BCUT2D eigenvalue weighted by Crippen LogP contribution is 2.39. The van der Waals surface area contributed by atoms with Crippen LogP contribution in [0.4, 0.5) is 10.5 Å². The van der Waals surface area contributed by atoms with Crippen LogP contribution < -0.4 is 19.5 Å². The van der Waals surface area contributed by atoms with Gasteiger partial charge in [-0.2, -0.15) is 0 Å². The molecule has 41 heavy (non-hydrogen) atoms. The molecule has 1 fully saturated rings. The Morgan fingerprint density at radius 1 is 1.05 bits per heavy atom. The molecule has 1 heterocycles. The third kappa shape index (κ3) is 7.47. The number of carbonyl (C=O) groups excluding carboxylic acids is 3. The molecule has 1 aliphatic heterocycles. The number of hydrogen-bond donors (Lipinski definition) is 2. The Morgan fingerprint density at radius 3 is 2.39 bits per heavy atom. The lowest BCUT2D eigenvalue weighted by Crippen LogP contribution is -2.36. The van der Waals surface area contributed by atoms with Crippen LogP contribution >= 0.6 is 27.7 Å². The zero-order valence-electron chi connectivity index (χ0n) is 22.0. The Kier molecular flexibility index (Phi) is 9.69. The van der Waals surface area contributed by atoms with Crippen LogP contribution in [0.3, 0.4) is 0 Å². The third-order valence-electron chi connectivity index (χ3n) is 5.76. The van der Waals surface area contributed by atoms with Crippen molar-refractivity contribution in [1.82, 2.24) is 4.90 Å². The summed E-state index contributed by atoms with van der Waals surface area (Å²) < 4.78 is 17.3. The fraction of sp³-hybridized carbons (Fsp3) is 0.172. The van der Waals surface area contributed by atoms with Gasteiger partial charge in [0.05, 0.1) is 28.7 Å². The normalized spacial score (nSPS) is 13.8. The summed E-state index contributed by atoms with van der Waals surface area (Å²) >= 11 is 4.21. The molecule has 0 aliphatic carbocycles. The quantitative estimate of drug-likeness (QED) is 0.249. The summed E-state index contributed by atoms with van der Waals surface area (Å²) in [5, 5.41) is 11.2. The van der Waals surface area contributed by atoms with Crippen LogP contribution in [0, 0.1) is 0 Å². The van der Waals surface area contributed by atoms with E-state index in [1.807, 2.05) is 6.92 Å². The molecule has 212 valence electrons. The number of nitrogens with zero attached hydrogens (tertiary/aromatic N) is 1. The van der Waals surface area contributed by atoms with E-state index in [4.69, 9.17) is 19.3 Å². The zero-order valence-corrected chi connectivity index (χ0v) is 24.4. The number of ether oxygens (including phenoxy) is 3. The summed E-state index contributed by atoms with van der Waals surface area (Å²) in [7, 11) is 1.47. The fourth-order valence-electron chi connectivity index (χ4n) is 3.80. The highest BCUT2D eigenvalue weighted by molar-refractivity contribution is 9.10. The minimum atomic E-state index is -1.01. The molecular weight excluding hydrogens is 616 g/mol. The number of nitrogens with one attached hydrogen (secondary N) is 1. The Balaban J connectivity index is 1.42. The monoisotopic (exact) mass is 640 g/mol. The third-order valence-corrected chi connectivity index (χ3v) is 7.25. The standard InChI is InChI=1S/C29H25BrN2O8S/c1-3-39-21-10-8-20(9-11-21)31-25(33)15-32-27(34)24(41-29(32)37)14-18-12-22(30)26(23(13-18)38-2)40-16-17-4-6-19(7-5-17)28(35)36/h4-14H,3,15-16H2,1-2H3,(H,31,33)(H,35,36)/b24-14+. The van der Waals surface area contributed by atoms with Crippen molar-refractivity contribution in [3.8, 4) is 17.2 Å². The number of halogens is 1. The molecule has 0 spiro atoms. The van der Waals surface area contributed by atoms with Gasteiger partial charge in [0.2, 0.25) is 5.91 Å². The van der Waals surface area contributed by atoms with Crippen molar-refractivity contribution in [1.29, 1.82) is 0 Å². The Hall–Kier alpha value is -4.29. The number of benzene rings is 3. The Labute approximate surface area is 248 Å². The van der Waals surface area contributed by atoms with Crippen LogP contribution in [-0.4, -0.2) is 53.3 Å². The molecule has 0 saturated carbocycles. The predicted molar refractivity (Wildman–Crippen MR) is 157 cm³/mol. The first-order valence-electron chi connectivity index (χ1n) is 12.3. The van der Waals surface area contributed by atoms with E-state index in [0.29, 0.717) is 39.6 Å². The van der Waals surface area contributed by atoms with Crippen molar-refractivity contribution in [2.45, 2.75) is 13.5 Å². The number of amides is 3. The van der Waals surface area contributed by atoms with E-state index in [1.54, 1.807) is 48.5 Å². The Bertz CT molecular complexity index is 1510. The topological polar surface area (TPSA) is 131 Å². The van der Waals surface area contributed by atoms with Crippen molar-refractivity contribution < 1.29 is 38.5 Å². The van der Waals surface area contributed by atoms with Gasteiger partial charge in [-0.15, -0.1) is 0 Å². The van der Waals surface area contributed by atoms with E-state index in [1.165, 1.54) is 25.3 Å². The molecule has 4 rings (SSSR count). The second-order valence-electron chi connectivity index (χ2n) is 8.60. The van der Waals surface area contributed by atoms with Gasteiger partial charge < -0.3 is 24.6 Å². The molecule has 0 aromatic heterocycles. The first kappa shape index (κ1) is 29.7. The first-order chi connectivity index (χ1) is 19.7. The molecular formula is C29H25BrN2O8S. The maximum absolute atomic E-state index is 13.0. The molecule has 2 N–H and O–H groups in total. The summed E-state index contributed by atoms with van der Waals surface area (Å²) in [4.78, 5) is 50.2. The van der Waals surface area contributed by atoms with Crippen LogP contribution in [-0.2, 0) is 16.2 Å². The number of aromatic carboxylic acids is 1. The minimum Gasteiger partial charge on any atom is -0.494 e. The SMILES string of the molecule is CCOc1ccc(NC(=O)CN2C(=O)S/C(=C/c3cc(Br)c(OCc4ccc(C(=O)O)cc4)c(OC)c3)C2=O)cc1. The number of carbonyl (C=O) groups is 4. The molecule has 0 atom stereocenters. The summed E-state index contributed by atoms with van der Waals surface area (Å²) in [6.07, 6.45) is 1.54. The highest BCUT2D eigenvalue weighted by atomic mass is 79.9. The van der Waals surface area contributed by atoms with Gasteiger partial charge in [-0.1, -0.05) is 12.1 Å². The number of anilines is 1. The number of hydrogen-bond acceptors (Lipinski definition) is 8. The lowest BCUT2D eigenvalue weighted by Gasteiger charge is -2.14. The predicted octanol–water partition coefficient (Wildman–Crippen LogP) is 5.81. The maximum atomic E-state index is 13.0. The van der Waals surface area contributed by atoms with E-state index >= 15 is 0 Å². The maximum Gasteiger partial charge on any atom is 0.335 e. The molecule has 3 aromatic rings. The molecule has 1 aliphatic rings. The second kappa shape index (κ2) is 13.4. The van der Waals surface area contributed by atoms with Gasteiger partial charge in [-0.25, -0.2) is 4.79 Å². The average Bonchev–Trinajstić information content (AvgIpc) is 3.20. The molecule has 0 bridgehead atoms. The number of methoxy groups -OCH3 is 1. The number of thioether (sulfide) groups is 1. The lowest BCUT2D eigenvalue weighted by molar-refractivity contribution is -0.127. The van der Waals surface area contributed by atoms with Crippen molar-refractivity contribution in [3.05, 3.63) is 86.7 Å². The van der Waals surface area contributed by atoms with Crippen LogP contribution in [0.5, 0.6) is 17.2 Å².